The lowest BCUT2D eigenvalue weighted by atomic mass is 10.0. The Bertz CT molecular complexity index is 987. The predicted octanol–water partition coefficient (Wildman–Crippen LogP) is 4.10. The molecule has 4 rings (SSSR count). The standard InChI is InChI=1S/C23H23N3O2/c1-28-21-11-5-3-8-19(21)16-25-23(27)18-12-13-24-22(15-18)26-14-6-9-17-7-2-4-10-20(17)26/h2-5,7-8,10-13,15H,6,9,14,16H2,1H3,(H,25,27). The highest BCUT2D eigenvalue weighted by Crippen LogP contribution is 2.32. The van der Waals surface area contributed by atoms with Gasteiger partial charge in [0.25, 0.3) is 5.91 Å². The molecule has 0 bridgehead atoms. The van der Waals surface area contributed by atoms with Crippen LogP contribution < -0.4 is 15.0 Å². The highest BCUT2D eigenvalue weighted by Gasteiger charge is 2.19. The largest absolute Gasteiger partial charge is 0.496 e. The summed E-state index contributed by atoms with van der Waals surface area (Å²) in [6.45, 7) is 1.31. The minimum Gasteiger partial charge on any atom is -0.496 e. The number of benzene rings is 2. The smallest absolute Gasteiger partial charge is 0.251 e. The van der Waals surface area contributed by atoms with E-state index in [9.17, 15) is 4.79 Å². The van der Waals surface area contributed by atoms with Crippen molar-refractivity contribution in [1.29, 1.82) is 0 Å². The van der Waals surface area contributed by atoms with Gasteiger partial charge in [-0.3, -0.25) is 4.79 Å². The summed E-state index contributed by atoms with van der Waals surface area (Å²) in [4.78, 5) is 19.4. The summed E-state index contributed by atoms with van der Waals surface area (Å²) >= 11 is 0. The van der Waals surface area contributed by atoms with Crippen LogP contribution in [0.1, 0.15) is 27.9 Å². The van der Waals surface area contributed by atoms with Crippen LogP contribution in [0.4, 0.5) is 11.5 Å². The fourth-order valence-corrected chi connectivity index (χ4v) is 3.61. The average Bonchev–Trinajstić information content (AvgIpc) is 2.77. The monoisotopic (exact) mass is 373 g/mol. The lowest BCUT2D eigenvalue weighted by Crippen LogP contribution is -2.27. The number of aromatic nitrogens is 1. The first-order chi connectivity index (χ1) is 13.8. The van der Waals surface area contributed by atoms with Gasteiger partial charge in [-0.15, -0.1) is 0 Å². The van der Waals surface area contributed by atoms with Crippen LogP contribution in [0.3, 0.4) is 0 Å². The van der Waals surface area contributed by atoms with Gasteiger partial charge in [-0.1, -0.05) is 36.4 Å². The number of anilines is 2. The van der Waals surface area contributed by atoms with Crippen LogP contribution in [0, 0.1) is 0 Å². The number of hydrogen-bond donors (Lipinski definition) is 1. The highest BCUT2D eigenvalue weighted by molar-refractivity contribution is 5.95. The Morgan fingerprint density at radius 2 is 1.96 bits per heavy atom. The molecule has 1 amide bonds. The van der Waals surface area contributed by atoms with E-state index in [4.69, 9.17) is 4.74 Å². The van der Waals surface area contributed by atoms with Crippen LogP contribution in [-0.4, -0.2) is 24.5 Å². The lowest BCUT2D eigenvalue weighted by Gasteiger charge is -2.30. The SMILES string of the molecule is COc1ccccc1CNC(=O)c1ccnc(N2CCCc3ccccc32)c1. The number of nitrogens with one attached hydrogen (secondary N) is 1. The van der Waals surface area contributed by atoms with E-state index in [0.717, 1.165) is 36.5 Å². The molecule has 1 aromatic heterocycles. The van der Waals surface area contributed by atoms with Gasteiger partial charge in [-0.2, -0.15) is 0 Å². The summed E-state index contributed by atoms with van der Waals surface area (Å²) < 4.78 is 5.35. The zero-order valence-electron chi connectivity index (χ0n) is 15.9. The van der Waals surface area contributed by atoms with Gasteiger partial charge in [0.1, 0.15) is 11.6 Å². The van der Waals surface area contributed by atoms with E-state index < -0.39 is 0 Å². The zero-order valence-corrected chi connectivity index (χ0v) is 15.9. The topological polar surface area (TPSA) is 54.5 Å². The number of ether oxygens (including phenoxy) is 1. The second-order valence-electron chi connectivity index (χ2n) is 6.78. The number of pyridine rings is 1. The van der Waals surface area contributed by atoms with E-state index in [1.165, 1.54) is 11.3 Å². The molecular weight excluding hydrogens is 350 g/mol. The zero-order chi connectivity index (χ0) is 19.3. The summed E-state index contributed by atoms with van der Waals surface area (Å²) in [5, 5.41) is 2.97. The molecule has 0 aliphatic carbocycles. The number of para-hydroxylation sites is 2. The van der Waals surface area contributed by atoms with Crippen molar-refractivity contribution < 1.29 is 9.53 Å². The molecule has 28 heavy (non-hydrogen) atoms. The molecule has 2 aromatic carbocycles. The Morgan fingerprint density at radius 3 is 2.86 bits per heavy atom. The molecule has 1 aliphatic rings. The molecule has 0 atom stereocenters. The van der Waals surface area contributed by atoms with Crippen LogP contribution in [0.2, 0.25) is 0 Å². The lowest BCUT2D eigenvalue weighted by molar-refractivity contribution is 0.0950. The summed E-state index contributed by atoms with van der Waals surface area (Å²) in [5.41, 5.74) is 4.04. The van der Waals surface area contributed by atoms with Crippen molar-refractivity contribution >= 4 is 17.4 Å². The molecule has 5 nitrogen and oxygen atoms in total. The van der Waals surface area contributed by atoms with Gasteiger partial charge in [0, 0.05) is 36.1 Å². The third-order valence-electron chi connectivity index (χ3n) is 5.03. The average molecular weight is 373 g/mol. The number of carbonyl (C=O) groups excluding carboxylic acids is 1. The third-order valence-corrected chi connectivity index (χ3v) is 5.03. The molecule has 1 aliphatic heterocycles. The number of carbonyl (C=O) groups is 1. The molecule has 3 aromatic rings. The minimum absolute atomic E-state index is 0.125. The van der Waals surface area contributed by atoms with E-state index in [1.807, 2.05) is 36.4 Å². The molecule has 0 spiro atoms. The summed E-state index contributed by atoms with van der Waals surface area (Å²) in [6.07, 6.45) is 3.85. The van der Waals surface area contributed by atoms with Crippen LogP contribution in [0.25, 0.3) is 0 Å². The molecule has 142 valence electrons. The van der Waals surface area contributed by atoms with Gasteiger partial charge in [0.05, 0.1) is 7.11 Å². The maximum absolute atomic E-state index is 12.7. The van der Waals surface area contributed by atoms with E-state index in [1.54, 1.807) is 19.4 Å². The van der Waals surface area contributed by atoms with Gasteiger partial charge in [0.2, 0.25) is 0 Å². The Balaban J connectivity index is 1.52. The van der Waals surface area contributed by atoms with Crippen molar-refractivity contribution in [2.45, 2.75) is 19.4 Å². The maximum Gasteiger partial charge on any atom is 0.251 e. The van der Waals surface area contributed by atoms with Crippen molar-refractivity contribution in [1.82, 2.24) is 10.3 Å². The molecule has 0 fully saturated rings. The highest BCUT2D eigenvalue weighted by atomic mass is 16.5. The van der Waals surface area contributed by atoms with E-state index in [2.05, 4.69) is 33.4 Å². The number of methoxy groups -OCH3 is 1. The maximum atomic E-state index is 12.7. The fraction of sp³-hybridized carbons (Fsp3) is 0.217. The van der Waals surface area contributed by atoms with Crippen molar-refractivity contribution in [3.63, 3.8) is 0 Å². The number of fused-ring (bicyclic) bond motifs is 1. The summed E-state index contributed by atoms with van der Waals surface area (Å²) in [5.74, 6) is 1.44. The molecule has 0 saturated heterocycles. The van der Waals surface area contributed by atoms with Crippen LogP contribution in [0.5, 0.6) is 5.75 Å². The Morgan fingerprint density at radius 1 is 1.14 bits per heavy atom. The fourth-order valence-electron chi connectivity index (χ4n) is 3.61. The van der Waals surface area contributed by atoms with Crippen molar-refractivity contribution in [2.24, 2.45) is 0 Å². The van der Waals surface area contributed by atoms with Crippen LogP contribution >= 0.6 is 0 Å². The number of rotatable bonds is 5. The van der Waals surface area contributed by atoms with Crippen molar-refractivity contribution in [2.75, 3.05) is 18.6 Å². The van der Waals surface area contributed by atoms with Gasteiger partial charge in [-0.25, -0.2) is 4.98 Å². The van der Waals surface area contributed by atoms with E-state index in [0.29, 0.717) is 12.1 Å². The molecular formula is C23H23N3O2. The normalized spacial score (nSPS) is 13.0. The second kappa shape index (κ2) is 8.13. The molecule has 0 saturated carbocycles. The summed E-state index contributed by atoms with van der Waals surface area (Å²) in [7, 11) is 1.63. The number of nitrogens with zero attached hydrogens (tertiary/aromatic N) is 2. The van der Waals surface area contributed by atoms with Crippen molar-refractivity contribution in [3.05, 3.63) is 83.6 Å². The van der Waals surface area contributed by atoms with Crippen LogP contribution in [-0.2, 0) is 13.0 Å². The Kier molecular flexibility index (Phi) is 5.24. The molecule has 0 unspecified atom stereocenters. The molecule has 1 N–H and O–H groups in total. The number of amides is 1. The van der Waals surface area contributed by atoms with Gasteiger partial charge in [-0.05, 0) is 42.7 Å². The third kappa shape index (κ3) is 3.69. The number of aryl methyl sites for hydroxylation is 1. The van der Waals surface area contributed by atoms with Crippen LogP contribution in [0.15, 0.2) is 66.9 Å². The molecule has 5 heteroatoms. The Labute approximate surface area is 165 Å². The Hall–Kier alpha value is -3.34. The molecule has 2 heterocycles. The quantitative estimate of drug-likeness (QED) is 0.731. The number of hydrogen-bond acceptors (Lipinski definition) is 4. The first-order valence-electron chi connectivity index (χ1n) is 9.48. The second-order valence-corrected chi connectivity index (χ2v) is 6.78. The first-order valence-corrected chi connectivity index (χ1v) is 9.48. The predicted molar refractivity (Wildman–Crippen MR) is 110 cm³/mol. The van der Waals surface area contributed by atoms with Gasteiger partial charge >= 0.3 is 0 Å². The van der Waals surface area contributed by atoms with E-state index in [-0.39, 0.29) is 5.91 Å². The van der Waals surface area contributed by atoms with Crippen molar-refractivity contribution in [3.8, 4) is 5.75 Å². The molecule has 0 radical (unpaired) electrons. The first kappa shape index (κ1) is 18.0. The minimum atomic E-state index is -0.125. The van der Waals surface area contributed by atoms with Gasteiger partial charge in [0.15, 0.2) is 0 Å². The van der Waals surface area contributed by atoms with E-state index >= 15 is 0 Å². The summed E-state index contributed by atoms with van der Waals surface area (Å²) in [6, 6.07) is 19.7. The van der Waals surface area contributed by atoms with Gasteiger partial charge < -0.3 is 15.0 Å².